The van der Waals surface area contributed by atoms with Crippen molar-refractivity contribution in [1.82, 2.24) is 15.1 Å². The minimum atomic E-state index is 0.750. The quantitative estimate of drug-likeness (QED) is 0.824. The molecule has 2 unspecified atom stereocenters. The Balaban J connectivity index is 1.71. The fourth-order valence-electron chi connectivity index (χ4n) is 3.53. The Hall–Kier alpha value is -0.120. The molecule has 1 N–H and O–H groups in total. The number of nitrogens with one attached hydrogen (secondary N) is 1. The van der Waals surface area contributed by atoms with E-state index >= 15 is 0 Å². The fraction of sp³-hybridized carbons (Fsp3) is 1.00. The first-order chi connectivity index (χ1) is 8.69. The normalized spacial score (nSPS) is 32.0. The highest BCUT2D eigenvalue weighted by Crippen LogP contribution is 2.21. The van der Waals surface area contributed by atoms with Gasteiger partial charge in [-0.05, 0) is 65.3 Å². The minimum Gasteiger partial charge on any atom is -0.313 e. The Morgan fingerprint density at radius 1 is 1.17 bits per heavy atom. The van der Waals surface area contributed by atoms with Crippen LogP contribution in [0, 0.1) is 5.92 Å². The average molecular weight is 253 g/mol. The molecule has 0 radical (unpaired) electrons. The summed E-state index contributed by atoms with van der Waals surface area (Å²) in [5.74, 6) is 0.968. The second-order valence-corrected chi connectivity index (χ2v) is 6.45. The van der Waals surface area contributed by atoms with Crippen molar-refractivity contribution >= 4 is 0 Å². The third-order valence-electron chi connectivity index (χ3n) is 4.95. The predicted octanol–water partition coefficient (Wildman–Crippen LogP) is 1.79. The van der Waals surface area contributed by atoms with Crippen LogP contribution < -0.4 is 5.32 Å². The van der Waals surface area contributed by atoms with Crippen molar-refractivity contribution in [3.63, 3.8) is 0 Å². The molecule has 3 heteroatoms. The van der Waals surface area contributed by atoms with E-state index in [1.807, 2.05) is 0 Å². The molecule has 2 aliphatic rings. The van der Waals surface area contributed by atoms with Gasteiger partial charge in [0.15, 0.2) is 0 Å². The summed E-state index contributed by atoms with van der Waals surface area (Å²) in [5.41, 5.74) is 0. The van der Waals surface area contributed by atoms with E-state index in [0.29, 0.717) is 0 Å². The topological polar surface area (TPSA) is 18.5 Å². The van der Waals surface area contributed by atoms with Gasteiger partial charge in [-0.1, -0.05) is 13.3 Å². The van der Waals surface area contributed by atoms with Crippen LogP contribution in [0.4, 0.5) is 0 Å². The molecule has 2 atom stereocenters. The van der Waals surface area contributed by atoms with Crippen LogP contribution in [0.15, 0.2) is 0 Å². The zero-order valence-corrected chi connectivity index (χ0v) is 12.5. The van der Waals surface area contributed by atoms with Crippen LogP contribution >= 0.6 is 0 Å². The van der Waals surface area contributed by atoms with Crippen LogP contribution in [0.1, 0.15) is 39.0 Å². The molecule has 0 aliphatic carbocycles. The predicted molar refractivity (Wildman–Crippen MR) is 78.0 cm³/mol. The van der Waals surface area contributed by atoms with Crippen molar-refractivity contribution in [1.29, 1.82) is 0 Å². The van der Waals surface area contributed by atoms with Crippen LogP contribution in [0.3, 0.4) is 0 Å². The van der Waals surface area contributed by atoms with Crippen molar-refractivity contribution in [3.05, 3.63) is 0 Å². The molecule has 0 aromatic rings. The lowest BCUT2D eigenvalue weighted by atomic mass is 9.90. The first kappa shape index (κ1) is 14.3. The number of nitrogens with zero attached hydrogens (tertiary/aromatic N) is 2. The molecule has 2 aliphatic heterocycles. The summed E-state index contributed by atoms with van der Waals surface area (Å²) in [6.45, 7) is 7.43. The van der Waals surface area contributed by atoms with Gasteiger partial charge in [0.25, 0.3) is 0 Å². The molecule has 0 spiro atoms. The fourth-order valence-corrected chi connectivity index (χ4v) is 3.53. The number of hydrogen-bond acceptors (Lipinski definition) is 3. The molecule has 2 heterocycles. The Morgan fingerprint density at radius 3 is 2.50 bits per heavy atom. The lowest BCUT2D eigenvalue weighted by molar-refractivity contribution is 0.125. The Labute approximate surface area is 113 Å². The van der Waals surface area contributed by atoms with Crippen LogP contribution in [-0.2, 0) is 0 Å². The summed E-state index contributed by atoms with van der Waals surface area (Å²) in [6, 6.07) is 1.56. The summed E-state index contributed by atoms with van der Waals surface area (Å²) in [5, 5.41) is 3.71. The van der Waals surface area contributed by atoms with E-state index in [4.69, 9.17) is 0 Å². The molecule has 0 aromatic carbocycles. The Bertz CT molecular complexity index is 234. The molecular weight excluding hydrogens is 222 g/mol. The Morgan fingerprint density at radius 2 is 1.89 bits per heavy atom. The minimum absolute atomic E-state index is 0.750. The van der Waals surface area contributed by atoms with Crippen molar-refractivity contribution in [2.75, 3.05) is 40.3 Å². The standard InChI is InChI=1S/C15H31N3/c1-4-13-5-8-16-14(11-13)12-18-9-6-15(7-10-18)17(2)3/h13-16H,4-12H2,1-3H3. The van der Waals surface area contributed by atoms with Crippen molar-refractivity contribution in [2.24, 2.45) is 5.92 Å². The maximum atomic E-state index is 3.71. The summed E-state index contributed by atoms with van der Waals surface area (Å²) in [6.07, 6.45) is 6.83. The smallest absolute Gasteiger partial charge is 0.0197 e. The summed E-state index contributed by atoms with van der Waals surface area (Å²) < 4.78 is 0. The molecule has 2 rings (SSSR count). The van der Waals surface area contributed by atoms with Gasteiger partial charge >= 0.3 is 0 Å². The van der Waals surface area contributed by atoms with Gasteiger partial charge in [0.1, 0.15) is 0 Å². The van der Waals surface area contributed by atoms with Gasteiger partial charge < -0.3 is 15.1 Å². The van der Waals surface area contributed by atoms with Gasteiger partial charge in [-0.25, -0.2) is 0 Å². The van der Waals surface area contributed by atoms with Crippen molar-refractivity contribution in [2.45, 2.75) is 51.1 Å². The monoisotopic (exact) mass is 253 g/mol. The third-order valence-corrected chi connectivity index (χ3v) is 4.95. The second kappa shape index (κ2) is 6.88. The lowest BCUT2D eigenvalue weighted by Gasteiger charge is -2.39. The average Bonchev–Trinajstić information content (AvgIpc) is 2.39. The molecule has 2 fully saturated rings. The van der Waals surface area contributed by atoms with Gasteiger partial charge in [0, 0.05) is 18.6 Å². The van der Waals surface area contributed by atoms with E-state index in [9.17, 15) is 0 Å². The highest BCUT2D eigenvalue weighted by molar-refractivity contribution is 4.83. The maximum absolute atomic E-state index is 3.71. The van der Waals surface area contributed by atoms with Crippen LogP contribution in [-0.4, -0.2) is 62.2 Å². The van der Waals surface area contributed by atoms with Gasteiger partial charge in [-0.15, -0.1) is 0 Å². The Kier molecular flexibility index (Phi) is 5.46. The molecule has 0 aromatic heterocycles. The zero-order valence-electron chi connectivity index (χ0n) is 12.5. The molecule has 106 valence electrons. The molecule has 3 nitrogen and oxygen atoms in total. The summed E-state index contributed by atoms with van der Waals surface area (Å²) in [4.78, 5) is 5.07. The second-order valence-electron chi connectivity index (χ2n) is 6.45. The van der Waals surface area contributed by atoms with Gasteiger partial charge in [0.05, 0.1) is 0 Å². The van der Waals surface area contributed by atoms with E-state index in [1.54, 1.807) is 0 Å². The van der Waals surface area contributed by atoms with E-state index in [-0.39, 0.29) is 0 Å². The molecule has 0 bridgehead atoms. The highest BCUT2D eigenvalue weighted by Gasteiger charge is 2.25. The highest BCUT2D eigenvalue weighted by atomic mass is 15.2. The van der Waals surface area contributed by atoms with E-state index in [2.05, 4.69) is 36.1 Å². The van der Waals surface area contributed by atoms with Gasteiger partial charge in [0.2, 0.25) is 0 Å². The van der Waals surface area contributed by atoms with E-state index < -0.39 is 0 Å². The molecule has 18 heavy (non-hydrogen) atoms. The summed E-state index contributed by atoms with van der Waals surface area (Å²) >= 11 is 0. The number of rotatable bonds is 4. The largest absolute Gasteiger partial charge is 0.313 e. The van der Waals surface area contributed by atoms with E-state index in [0.717, 1.165) is 18.0 Å². The number of hydrogen-bond donors (Lipinski definition) is 1. The van der Waals surface area contributed by atoms with Crippen LogP contribution in [0.5, 0.6) is 0 Å². The summed E-state index contributed by atoms with van der Waals surface area (Å²) in [7, 11) is 4.43. The number of likely N-dealkylation sites (tertiary alicyclic amines) is 1. The van der Waals surface area contributed by atoms with Gasteiger partial charge in [-0.2, -0.15) is 0 Å². The van der Waals surface area contributed by atoms with Crippen LogP contribution in [0.2, 0.25) is 0 Å². The molecule has 2 saturated heterocycles. The SMILES string of the molecule is CCC1CCNC(CN2CCC(N(C)C)CC2)C1. The zero-order chi connectivity index (χ0) is 13.0. The van der Waals surface area contributed by atoms with Gasteiger partial charge in [-0.3, -0.25) is 0 Å². The van der Waals surface area contributed by atoms with Crippen molar-refractivity contribution in [3.8, 4) is 0 Å². The lowest BCUT2D eigenvalue weighted by Crippen LogP contribution is -2.49. The molecular formula is C15H31N3. The van der Waals surface area contributed by atoms with Crippen molar-refractivity contribution < 1.29 is 0 Å². The van der Waals surface area contributed by atoms with Crippen LogP contribution in [0.25, 0.3) is 0 Å². The third kappa shape index (κ3) is 3.94. The molecule has 0 saturated carbocycles. The first-order valence-corrected chi connectivity index (χ1v) is 7.81. The number of piperidine rings is 2. The molecule has 0 amide bonds. The van der Waals surface area contributed by atoms with E-state index in [1.165, 1.54) is 58.3 Å². The maximum Gasteiger partial charge on any atom is 0.0197 e. The first-order valence-electron chi connectivity index (χ1n) is 7.81.